The first-order valence-electron chi connectivity index (χ1n) is 5.53. The molecule has 17 heavy (non-hydrogen) atoms. The smallest absolute Gasteiger partial charge is 0.187 e. The van der Waals surface area contributed by atoms with Gasteiger partial charge >= 0.3 is 0 Å². The van der Waals surface area contributed by atoms with Crippen molar-refractivity contribution in [1.82, 2.24) is 10.7 Å². The van der Waals surface area contributed by atoms with Gasteiger partial charge in [0, 0.05) is 12.8 Å². The maximum atomic E-state index is 4.98. The molecule has 0 aliphatic carbocycles. The summed E-state index contributed by atoms with van der Waals surface area (Å²) in [6.45, 7) is 4.23. The molecule has 0 aliphatic rings. The SMILES string of the molecule is C=CCNC(=S)N/N=C/CCc1ccccc1. The lowest BCUT2D eigenvalue weighted by Crippen LogP contribution is -2.31. The van der Waals surface area contributed by atoms with Crippen LogP contribution in [-0.4, -0.2) is 17.9 Å². The lowest BCUT2D eigenvalue weighted by molar-refractivity contribution is 0.930. The number of thiocarbonyl (C=S) groups is 1. The second kappa shape index (κ2) is 8.47. The standard InChI is InChI=1S/C13H17N3S/c1-2-10-14-13(17)16-15-11-6-9-12-7-4-3-5-8-12/h2-5,7-8,11H,1,6,9-10H2,(H2,14,16,17)/b15-11+. The molecule has 0 atom stereocenters. The van der Waals surface area contributed by atoms with Crippen LogP contribution in [0.4, 0.5) is 0 Å². The van der Waals surface area contributed by atoms with E-state index in [1.165, 1.54) is 5.56 Å². The third-order valence-electron chi connectivity index (χ3n) is 2.07. The molecule has 4 heteroatoms. The minimum atomic E-state index is 0.515. The number of hydrazone groups is 1. The number of benzene rings is 1. The minimum absolute atomic E-state index is 0.515. The fraction of sp³-hybridized carbons (Fsp3) is 0.231. The van der Waals surface area contributed by atoms with Gasteiger partial charge in [0.2, 0.25) is 0 Å². The van der Waals surface area contributed by atoms with E-state index >= 15 is 0 Å². The molecule has 0 amide bonds. The first-order valence-corrected chi connectivity index (χ1v) is 5.94. The fourth-order valence-electron chi connectivity index (χ4n) is 1.25. The zero-order chi connectivity index (χ0) is 12.3. The van der Waals surface area contributed by atoms with Gasteiger partial charge in [0.1, 0.15) is 0 Å². The molecule has 0 saturated heterocycles. The van der Waals surface area contributed by atoms with Crippen LogP contribution in [0.5, 0.6) is 0 Å². The first kappa shape index (κ1) is 13.4. The molecule has 0 unspecified atom stereocenters. The Morgan fingerprint density at radius 1 is 1.35 bits per heavy atom. The third-order valence-corrected chi connectivity index (χ3v) is 2.30. The van der Waals surface area contributed by atoms with Gasteiger partial charge in [0.25, 0.3) is 0 Å². The van der Waals surface area contributed by atoms with E-state index in [0.717, 1.165) is 12.8 Å². The van der Waals surface area contributed by atoms with Crippen molar-refractivity contribution in [3.63, 3.8) is 0 Å². The molecule has 1 aromatic rings. The summed E-state index contributed by atoms with van der Waals surface area (Å²) in [4.78, 5) is 0. The zero-order valence-corrected chi connectivity index (χ0v) is 10.5. The monoisotopic (exact) mass is 247 g/mol. The van der Waals surface area contributed by atoms with E-state index in [9.17, 15) is 0 Å². The number of nitrogens with zero attached hydrogens (tertiary/aromatic N) is 1. The molecule has 0 radical (unpaired) electrons. The maximum Gasteiger partial charge on any atom is 0.187 e. The van der Waals surface area contributed by atoms with Crippen molar-refractivity contribution < 1.29 is 0 Å². The van der Waals surface area contributed by atoms with Crippen molar-refractivity contribution in [3.05, 3.63) is 48.6 Å². The van der Waals surface area contributed by atoms with Crippen LogP contribution in [0.1, 0.15) is 12.0 Å². The predicted octanol–water partition coefficient (Wildman–Crippen LogP) is 2.26. The normalized spacial score (nSPS) is 10.1. The van der Waals surface area contributed by atoms with Crippen LogP contribution in [0.3, 0.4) is 0 Å². The van der Waals surface area contributed by atoms with Crippen LogP contribution in [0.25, 0.3) is 0 Å². The molecular formula is C13H17N3S. The van der Waals surface area contributed by atoms with E-state index in [2.05, 4.69) is 34.6 Å². The first-order chi connectivity index (χ1) is 8.33. The van der Waals surface area contributed by atoms with Gasteiger partial charge < -0.3 is 5.32 Å². The van der Waals surface area contributed by atoms with Gasteiger partial charge in [0.05, 0.1) is 0 Å². The Hall–Kier alpha value is -1.68. The Morgan fingerprint density at radius 3 is 2.82 bits per heavy atom. The van der Waals surface area contributed by atoms with Crippen LogP contribution in [-0.2, 0) is 6.42 Å². The summed E-state index contributed by atoms with van der Waals surface area (Å²) in [6, 6.07) is 10.3. The van der Waals surface area contributed by atoms with Crippen molar-refractivity contribution in [1.29, 1.82) is 0 Å². The van der Waals surface area contributed by atoms with E-state index in [4.69, 9.17) is 12.2 Å². The van der Waals surface area contributed by atoms with Gasteiger partial charge in [-0.05, 0) is 30.6 Å². The third kappa shape index (κ3) is 6.48. The summed E-state index contributed by atoms with van der Waals surface area (Å²) in [5.41, 5.74) is 4.06. The Kier molecular flexibility index (Phi) is 6.67. The Bertz CT molecular complexity index is 374. The molecule has 1 rings (SSSR count). The van der Waals surface area contributed by atoms with E-state index in [1.54, 1.807) is 6.08 Å². The molecule has 0 bridgehead atoms. The van der Waals surface area contributed by atoms with Crippen LogP contribution in [0, 0.1) is 0 Å². The maximum absolute atomic E-state index is 4.98. The minimum Gasteiger partial charge on any atom is -0.358 e. The molecule has 0 heterocycles. The molecule has 2 N–H and O–H groups in total. The van der Waals surface area contributed by atoms with Crippen LogP contribution in [0.15, 0.2) is 48.1 Å². The number of hydrogen-bond acceptors (Lipinski definition) is 2. The van der Waals surface area contributed by atoms with Gasteiger partial charge in [-0.2, -0.15) is 5.10 Å². The largest absolute Gasteiger partial charge is 0.358 e. The molecular weight excluding hydrogens is 230 g/mol. The zero-order valence-electron chi connectivity index (χ0n) is 9.73. The Labute approximate surface area is 108 Å². The molecule has 3 nitrogen and oxygen atoms in total. The van der Waals surface area contributed by atoms with Crippen molar-refractivity contribution in [3.8, 4) is 0 Å². The molecule has 1 aromatic carbocycles. The Balaban J connectivity index is 2.14. The number of nitrogens with one attached hydrogen (secondary N) is 2. The topological polar surface area (TPSA) is 36.4 Å². The summed E-state index contributed by atoms with van der Waals surface area (Å²) in [5, 5.41) is 7.47. The summed E-state index contributed by atoms with van der Waals surface area (Å²) in [7, 11) is 0. The highest BCUT2D eigenvalue weighted by molar-refractivity contribution is 7.80. The van der Waals surface area contributed by atoms with E-state index in [-0.39, 0.29) is 0 Å². The summed E-state index contributed by atoms with van der Waals surface area (Å²) in [5.74, 6) is 0. The Morgan fingerprint density at radius 2 is 2.12 bits per heavy atom. The van der Waals surface area contributed by atoms with Gasteiger partial charge in [-0.15, -0.1) is 6.58 Å². The molecule has 90 valence electrons. The highest BCUT2D eigenvalue weighted by atomic mass is 32.1. The average Bonchev–Trinajstić information content (AvgIpc) is 2.37. The van der Waals surface area contributed by atoms with Crippen molar-refractivity contribution >= 4 is 23.5 Å². The van der Waals surface area contributed by atoms with Crippen LogP contribution >= 0.6 is 12.2 Å². The lowest BCUT2D eigenvalue weighted by Gasteiger charge is -2.03. The van der Waals surface area contributed by atoms with E-state index < -0.39 is 0 Å². The van der Waals surface area contributed by atoms with E-state index in [0.29, 0.717) is 11.7 Å². The number of rotatable bonds is 6. The quantitative estimate of drug-likeness (QED) is 0.350. The molecule has 0 spiro atoms. The fourth-order valence-corrected chi connectivity index (χ4v) is 1.39. The average molecular weight is 247 g/mol. The van der Waals surface area contributed by atoms with Crippen LogP contribution < -0.4 is 10.7 Å². The van der Waals surface area contributed by atoms with Crippen molar-refractivity contribution in [2.45, 2.75) is 12.8 Å². The predicted molar refractivity (Wildman–Crippen MR) is 77.2 cm³/mol. The van der Waals surface area contributed by atoms with Gasteiger partial charge in [-0.25, -0.2) is 0 Å². The number of aryl methyl sites for hydroxylation is 1. The molecule has 0 fully saturated rings. The second-order valence-corrected chi connectivity index (χ2v) is 3.85. The summed E-state index contributed by atoms with van der Waals surface area (Å²) < 4.78 is 0. The second-order valence-electron chi connectivity index (χ2n) is 3.45. The highest BCUT2D eigenvalue weighted by Gasteiger charge is 1.90. The van der Waals surface area contributed by atoms with E-state index in [1.807, 2.05) is 24.4 Å². The van der Waals surface area contributed by atoms with Gasteiger partial charge in [0.15, 0.2) is 5.11 Å². The molecule has 0 saturated carbocycles. The van der Waals surface area contributed by atoms with Crippen molar-refractivity contribution in [2.75, 3.05) is 6.54 Å². The van der Waals surface area contributed by atoms with Gasteiger partial charge in [-0.3, -0.25) is 5.43 Å². The van der Waals surface area contributed by atoms with Gasteiger partial charge in [-0.1, -0.05) is 36.4 Å². The lowest BCUT2D eigenvalue weighted by atomic mass is 10.1. The summed E-state index contributed by atoms with van der Waals surface area (Å²) >= 11 is 4.98. The summed E-state index contributed by atoms with van der Waals surface area (Å²) in [6.07, 6.45) is 5.45. The number of hydrogen-bond donors (Lipinski definition) is 2. The van der Waals surface area contributed by atoms with Crippen LogP contribution in [0.2, 0.25) is 0 Å². The highest BCUT2D eigenvalue weighted by Crippen LogP contribution is 2.00. The van der Waals surface area contributed by atoms with Crippen molar-refractivity contribution in [2.24, 2.45) is 5.10 Å². The molecule has 0 aromatic heterocycles. The molecule has 0 aliphatic heterocycles.